The summed E-state index contributed by atoms with van der Waals surface area (Å²) >= 11 is 1.17. The zero-order valence-corrected chi connectivity index (χ0v) is 19.8. The first-order chi connectivity index (χ1) is 16.0. The fourth-order valence-electron chi connectivity index (χ4n) is 5.33. The van der Waals surface area contributed by atoms with Crippen molar-refractivity contribution in [3.8, 4) is 5.75 Å². The van der Waals surface area contributed by atoms with Gasteiger partial charge in [0.05, 0.1) is 18.0 Å². The lowest BCUT2D eigenvalue weighted by atomic mass is 10.0. The van der Waals surface area contributed by atoms with Gasteiger partial charge in [-0.3, -0.25) is 14.0 Å². The molecule has 1 aliphatic heterocycles. The van der Waals surface area contributed by atoms with E-state index in [0.717, 1.165) is 44.8 Å². The number of aromatic amines is 1. The molecule has 2 atom stereocenters. The molecule has 0 radical (unpaired) electrons. The molecule has 176 valence electrons. The molecule has 2 aliphatic carbocycles. The van der Waals surface area contributed by atoms with E-state index in [-0.39, 0.29) is 16.8 Å². The minimum absolute atomic E-state index is 0.116. The van der Waals surface area contributed by atoms with Crippen molar-refractivity contribution in [3.05, 3.63) is 32.5 Å². The van der Waals surface area contributed by atoms with Gasteiger partial charge in [-0.25, -0.2) is 4.39 Å². The summed E-state index contributed by atoms with van der Waals surface area (Å²) in [6.07, 6.45) is 5.55. The number of ether oxygens (including phenoxy) is 1. The summed E-state index contributed by atoms with van der Waals surface area (Å²) in [5.41, 5.74) is 0.195. The Morgan fingerprint density at radius 1 is 1.27 bits per heavy atom. The molecule has 0 bridgehead atoms. The largest absolute Gasteiger partial charge is 0.492 e. The summed E-state index contributed by atoms with van der Waals surface area (Å²) in [4.78, 5) is 28.3. The zero-order chi connectivity index (χ0) is 22.9. The Morgan fingerprint density at radius 2 is 2.06 bits per heavy atom. The van der Waals surface area contributed by atoms with E-state index in [1.165, 1.54) is 37.6 Å². The Labute approximate surface area is 194 Å². The van der Waals surface area contributed by atoms with Crippen molar-refractivity contribution in [1.82, 2.24) is 14.3 Å². The molecule has 0 spiro atoms. The van der Waals surface area contributed by atoms with E-state index < -0.39 is 16.8 Å². The van der Waals surface area contributed by atoms with Gasteiger partial charge in [-0.05, 0) is 75.0 Å². The molecule has 1 unspecified atom stereocenters. The third-order valence-corrected chi connectivity index (χ3v) is 8.47. The van der Waals surface area contributed by atoms with Gasteiger partial charge in [0.15, 0.2) is 11.6 Å². The predicted molar refractivity (Wildman–Crippen MR) is 130 cm³/mol. The summed E-state index contributed by atoms with van der Waals surface area (Å²) in [6.45, 7) is 4.77. The number of benzene rings is 1. The number of nitrogens with zero attached hydrogens (tertiary/aromatic N) is 2. The molecule has 1 saturated heterocycles. The second-order valence-electron chi connectivity index (χ2n) is 9.92. The topological polar surface area (TPSA) is 79.4 Å². The van der Waals surface area contributed by atoms with E-state index in [1.807, 2.05) is 4.57 Å². The average molecular weight is 473 g/mol. The highest BCUT2D eigenvalue weighted by Gasteiger charge is 2.35. The van der Waals surface area contributed by atoms with Gasteiger partial charge in [0.1, 0.15) is 15.9 Å². The Morgan fingerprint density at radius 3 is 2.76 bits per heavy atom. The molecule has 0 amide bonds. The van der Waals surface area contributed by atoms with Gasteiger partial charge < -0.3 is 19.5 Å². The number of rotatable bonds is 7. The maximum atomic E-state index is 15.6. The minimum Gasteiger partial charge on any atom is -0.492 e. The van der Waals surface area contributed by atoms with Crippen LogP contribution in [-0.4, -0.2) is 41.7 Å². The maximum Gasteiger partial charge on any atom is 0.271 e. The van der Waals surface area contributed by atoms with Gasteiger partial charge in [0.25, 0.3) is 5.56 Å². The molecule has 6 rings (SSSR count). The van der Waals surface area contributed by atoms with Crippen LogP contribution in [-0.2, 0) is 0 Å². The summed E-state index contributed by atoms with van der Waals surface area (Å²) in [6, 6.07) is 1.87. The molecular formula is C24H29FN4O3S. The highest BCUT2D eigenvalue weighted by atomic mass is 32.1. The normalized spacial score (nSPS) is 21.9. The van der Waals surface area contributed by atoms with Gasteiger partial charge in [-0.2, -0.15) is 0 Å². The quantitative estimate of drug-likeness (QED) is 0.549. The van der Waals surface area contributed by atoms with Crippen LogP contribution in [0.2, 0.25) is 0 Å². The molecule has 3 aliphatic rings. The van der Waals surface area contributed by atoms with E-state index in [0.29, 0.717) is 33.7 Å². The number of aromatic nitrogens is 2. The minimum atomic E-state index is -0.468. The van der Waals surface area contributed by atoms with Crippen molar-refractivity contribution < 1.29 is 9.13 Å². The first kappa shape index (κ1) is 21.2. The number of nitrogens with one attached hydrogen (secondary N) is 2. The van der Waals surface area contributed by atoms with Crippen LogP contribution in [0.4, 0.5) is 10.1 Å². The standard InChI is InChI=1S/C24H29FN4O3S/c1-12(26-10-13-3-4-13)14-7-8-28(11-14)20-17(25)9-16-19(22(20)32-2)29(15-5-6-15)24-18(21(16)30)23(31)27-33-24/h9,12-15,26H,3-8,10-11H2,1-2H3,(H,27,31)/t12-,14?/m1/s1. The highest BCUT2D eigenvalue weighted by molar-refractivity contribution is 7.12. The number of anilines is 1. The van der Waals surface area contributed by atoms with Crippen LogP contribution in [0.5, 0.6) is 5.75 Å². The summed E-state index contributed by atoms with van der Waals surface area (Å²) in [7, 11) is 1.54. The number of H-pyrrole nitrogens is 1. The summed E-state index contributed by atoms with van der Waals surface area (Å²) in [5.74, 6) is 1.18. The van der Waals surface area contributed by atoms with Gasteiger partial charge in [-0.15, -0.1) is 0 Å². The average Bonchev–Trinajstić information content (AvgIpc) is 3.73. The predicted octanol–water partition coefficient (Wildman–Crippen LogP) is 3.60. The van der Waals surface area contributed by atoms with Gasteiger partial charge in [-0.1, -0.05) is 0 Å². The van der Waals surface area contributed by atoms with Crippen molar-refractivity contribution in [3.63, 3.8) is 0 Å². The van der Waals surface area contributed by atoms with Crippen LogP contribution in [0, 0.1) is 17.7 Å². The van der Waals surface area contributed by atoms with Crippen LogP contribution < -0.4 is 25.9 Å². The van der Waals surface area contributed by atoms with E-state index in [4.69, 9.17) is 4.74 Å². The molecular weight excluding hydrogens is 443 g/mol. The number of halogens is 1. The highest BCUT2D eigenvalue weighted by Crippen LogP contribution is 2.46. The maximum absolute atomic E-state index is 15.6. The summed E-state index contributed by atoms with van der Waals surface area (Å²) in [5, 5.41) is 4.00. The lowest BCUT2D eigenvalue weighted by Gasteiger charge is -2.26. The zero-order valence-electron chi connectivity index (χ0n) is 18.9. The smallest absolute Gasteiger partial charge is 0.271 e. The molecule has 3 heterocycles. The van der Waals surface area contributed by atoms with Crippen molar-refractivity contribution in [2.75, 3.05) is 31.6 Å². The molecule has 1 aromatic carbocycles. The third kappa shape index (κ3) is 3.47. The number of fused-ring (bicyclic) bond motifs is 2. The number of pyridine rings is 1. The van der Waals surface area contributed by atoms with Crippen molar-refractivity contribution >= 4 is 38.3 Å². The van der Waals surface area contributed by atoms with Crippen LogP contribution in [0.25, 0.3) is 21.1 Å². The molecule has 2 aromatic heterocycles. The van der Waals surface area contributed by atoms with Crippen molar-refractivity contribution in [2.45, 2.75) is 51.1 Å². The van der Waals surface area contributed by atoms with E-state index >= 15 is 4.39 Å². The Balaban J connectivity index is 1.46. The van der Waals surface area contributed by atoms with E-state index in [1.54, 1.807) is 0 Å². The van der Waals surface area contributed by atoms with E-state index in [9.17, 15) is 9.59 Å². The second-order valence-corrected chi connectivity index (χ2v) is 10.7. The molecule has 7 nitrogen and oxygen atoms in total. The monoisotopic (exact) mass is 472 g/mol. The molecule has 33 heavy (non-hydrogen) atoms. The fraction of sp³-hybridized carbons (Fsp3) is 0.583. The first-order valence-corrected chi connectivity index (χ1v) is 12.7. The van der Waals surface area contributed by atoms with Gasteiger partial charge in [0, 0.05) is 25.2 Å². The molecule has 3 aromatic rings. The van der Waals surface area contributed by atoms with Crippen LogP contribution in [0.3, 0.4) is 0 Å². The third-order valence-electron chi connectivity index (χ3n) is 7.58. The number of hydrogen-bond acceptors (Lipinski definition) is 6. The van der Waals surface area contributed by atoms with Crippen molar-refractivity contribution in [2.24, 2.45) is 11.8 Å². The lowest BCUT2D eigenvalue weighted by molar-refractivity contribution is 0.394. The molecule has 9 heteroatoms. The van der Waals surface area contributed by atoms with Crippen LogP contribution in [0.15, 0.2) is 15.7 Å². The SMILES string of the molecule is COc1c(N2CCC([C@@H](C)NCC3CC3)C2)c(F)cc2c(=O)c3c(=O)[nH]sc3n(C3CC3)c12. The van der Waals surface area contributed by atoms with E-state index in [2.05, 4.69) is 21.5 Å². The van der Waals surface area contributed by atoms with Gasteiger partial charge >= 0.3 is 0 Å². The van der Waals surface area contributed by atoms with Crippen molar-refractivity contribution in [1.29, 1.82) is 0 Å². The van der Waals surface area contributed by atoms with Gasteiger partial charge in [0.2, 0.25) is 5.43 Å². The van der Waals surface area contributed by atoms with Crippen LogP contribution in [0.1, 0.15) is 45.1 Å². The molecule has 2 saturated carbocycles. The number of methoxy groups -OCH3 is 1. The Hall–Kier alpha value is -2.39. The van der Waals surface area contributed by atoms with Crippen LogP contribution >= 0.6 is 11.5 Å². The fourth-order valence-corrected chi connectivity index (χ4v) is 6.25. The molecule has 3 fully saturated rings. The molecule has 2 N–H and O–H groups in total. The number of hydrogen-bond donors (Lipinski definition) is 2. The Kier molecular flexibility index (Phi) is 5.03. The second kappa shape index (κ2) is 7.84. The first-order valence-electron chi connectivity index (χ1n) is 11.9. The lowest BCUT2D eigenvalue weighted by Crippen LogP contribution is -2.36. The Bertz CT molecular complexity index is 1350. The summed E-state index contributed by atoms with van der Waals surface area (Å²) < 4.78 is 26.1.